The summed E-state index contributed by atoms with van der Waals surface area (Å²) in [4.78, 5) is 0. The third kappa shape index (κ3) is 11.2. The zero-order valence-electron chi connectivity index (χ0n) is 30.2. The van der Waals surface area contributed by atoms with Crippen molar-refractivity contribution in [3.8, 4) is 0 Å². The van der Waals surface area contributed by atoms with Crippen LogP contribution in [0.3, 0.4) is 0 Å². The zero-order chi connectivity index (χ0) is 31.8. The summed E-state index contributed by atoms with van der Waals surface area (Å²) < 4.78 is 25.1. The van der Waals surface area contributed by atoms with Crippen LogP contribution in [0.5, 0.6) is 0 Å². The molecule has 44 heavy (non-hydrogen) atoms. The van der Waals surface area contributed by atoms with Crippen LogP contribution in [0.2, 0.25) is 0 Å². The quantitative estimate of drug-likeness (QED) is 0.181. The van der Waals surface area contributed by atoms with Crippen molar-refractivity contribution in [2.24, 2.45) is 23.7 Å². The number of hydrogen-bond donors (Lipinski definition) is 2. The van der Waals surface area contributed by atoms with Crippen LogP contribution in [0, 0.1) is 23.7 Å². The molecule has 4 aliphatic rings. The molecular weight excluding hydrogens is 548 g/mol. The summed E-state index contributed by atoms with van der Waals surface area (Å²) in [6.45, 7) is 22.6. The predicted molar refractivity (Wildman–Crippen MR) is 182 cm³/mol. The molecule has 4 unspecified atom stereocenters. The Morgan fingerprint density at radius 1 is 0.477 bits per heavy atom. The summed E-state index contributed by atoms with van der Waals surface area (Å²) in [5.41, 5.74) is 0.333. The summed E-state index contributed by atoms with van der Waals surface area (Å²) in [6, 6.07) is 0. The lowest BCUT2D eigenvalue weighted by Gasteiger charge is -2.53. The van der Waals surface area contributed by atoms with Gasteiger partial charge in [-0.25, -0.2) is 0 Å². The first-order valence-corrected chi connectivity index (χ1v) is 18.7. The smallest absolute Gasteiger partial charge is 0.0704 e. The molecule has 6 nitrogen and oxygen atoms in total. The molecule has 4 atom stereocenters. The fraction of sp³-hybridized carbons (Fsp3) is 1.00. The maximum atomic E-state index is 6.59. The maximum absolute atomic E-state index is 6.59. The van der Waals surface area contributed by atoms with Crippen LogP contribution < -0.4 is 10.6 Å². The van der Waals surface area contributed by atoms with E-state index in [1.165, 1.54) is 77.0 Å². The van der Waals surface area contributed by atoms with Gasteiger partial charge in [-0.1, -0.05) is 64.2 Å². The third-order valence-electron chi connectivity index (χ3n) is 11.6. The van der Waals surface area contributed by atoms with Gasteiger partial charge in [0.05, 0.1) is 51.8 Å². The molecule has 0 spiro atoms. The van der Waals surface area contributed by atoms with Crippen molar-refractivity contribution in [2.75, 3.05) is 39.6 Å². The average molecular weight is 621 g/mol. The second-order valence-corrected chi connectivity index (χ2v) is 17.6. The molecule has 258 valence electrons. The second kappa shape index (κ2) is 16.2. The molecule has 0 aromatic heterocycles. The average Bonchev–Trinajstić information content (AvgIpc) is 2.93. The number of piperidine rings is 2. The van der Waals surface area contributed by atoms with Crippen LogP contribution in [0.15, 0.2) is 0 Å². The molecule has 2 heterocycles. The fourth-order valence-corrected chi connectivity index (χ4v) is 9.90. The van der Waals surface area contributed by atoms with Crippen molar-refractivity contribution in [1.29, 1.82) is 0 Å². The molecule has 0 aromatic carbocycles. The van der Waals surface area contributed by atoms with Crippen molar-refractivity contribution < 1.29 is 18.9 Å². The summed E-state index contributed by atoms with van der Waals surface area (Å²) in [5.74, 6) is 2.80. The minimum atomic E-state index is 0.0795. The van der Waals surface area contributed by atoms with Crippen LogP contribution in [0.4, 0.5) is 0 Å². The lowest BCUT2D eigenvalue weighted by molar-refractivity contribution is -0.0979. The minimum Gasteiger partial charge on any atom is -0.377 e. The molecule has 0 bridgehead atoms. The van der Waals surface area contributed by atoms with E-state index in [0.717, 1.165) is 24.7 Å². The van der Waals surface area contributed by atoms with E-state index in [1.54, 1.807) is 0 Å². The first-order valence-electron chi connectivity index (χ1n) is 18.7. The Morgan fingerprint density at radius 3 is 1.18 bits per heavy atom. The zero-order valence-corrected chi connectivity index (χ0v) is 30.2. The van der Waals surface area contributed by atoms with Gasteiger partial charge in [0.1, 0.15) is 0 Å². The van der Waals surface area contributed by atoms with E-state index in [-0.39, 0.29) is 34.4 Å². The van der Waals surface area contributed by atoms with Gasteiger partial charge in [0.25, 0.3) is 0 Å². The van der Waals surface area contributed by atoms with Gasteiger partial charge in [0, 0.05) is 34.0 Å². The largest absolute Gasteiger partial charge is 0.377 e. The van der Waals surface area contributed by atoms with Crippen molar-refractivity contribution in [2.45, 2.75) is 180 Å². The van der Waals surface area contributed by atoms with E-state index in [1.807, 2.05) is 0 Å². The number of ether oxygens (including phenoxy) is 4. The van der Waals surface area contributed by atoms with Crippen molar-refractivity contribution in [1.82, 2.24) is 10.6 Å². The SMILES string of the molecule is CC1(C)CC(OCCOCCOCCOC2CC(C)(C)NC(C)(C)C2CC2CCCCC2)C(CC2CCCCC2)C(C)(C)N1. The first kappa shape index (κ1) is 36.6. The van der Waals surface area contributed by atoms with Gasteiger partial charge in [-0.2, -0.15) is 0 Å². The highest BCUT2D eigenvalue weighted by atomic mass is 16.6. The fourth-order valence-electron chi connectivity index (χ4n) is 9.90. The summed E-state index contributed by atoms with van der Waals surface area (Å²) >= 11 is 0. The van der Waals surface area contributed by atoms with E-state index in [0.29, 0.717) is 51.5 Å². The Kier molecular flexibility index (Phi) is 13.5. The molecule has 2 saturated heterocycles. The first-order chi connectivity index (χ1) is 20.8. The van der Waals surface area contributed by atoms with Gasteiger partial charge < -0.3 is 29.6 Å². The van der Waals surface area contributed by atoms with Gasteiger partial charge in [-0.3, -0.25) is 0 Å². The molecular formula is C38H72N2O4. The molecule has 2 aliphatic heterocycles. The number of nitrogens with one attached hydrogen (secondary N) is 2. The van der Waals surface area contributed by atoms with Crippen molar-refractivity contribution in [3.05, 3.63) is 0 Å². The van der Waals surface area contributed by atoms with Gasteiger partial charge in [-0.05, 0) is 92.9 Å². The van der Waals surface area contributed by atoms with E-state index >= 15 is 0 Å². The van der Waals surface area contributed by atoms with E-state index in [2.05, 4.69) is 66.0 Å². The van der Waals surface area contributed by atoms with Crippen molar-refractivity contribution in [3.63, 3.8) is 0 Å². The van der Waals surface area contributed by atoms with Crippen LogP contribution in [0.25, 0.3) is 0 Å². The van der Waals surface area contributed by atoms with Crippen LogP contribution >= 0.6 is 0 Å². The number of hydrogen-bond acceptors (Lipinski definition) is 6. The molecule has 6 heteroatoms. The topological polar surface area (TPSA) is 61.0 Å². The molecule has 4 rings (SSSR count). The summed E-state index contributed by atoms with van der Waals surface area (Å²) in [7, 11) is 0. The third-order valence-corrected chi connectivity index (χ3v) is 11.6. The van der Waals surface area contributed by atoms with E-state index in [9.17, 15) is 0 Å². The van der Waals surface area contributed by atoms with Gasteiger partial charge in [-0.15, -0.1) is 0 Å². The van der Waals surface area contributed by atoms with Gasteiger partial charge in [0.15, 0.2) is 0 Å². The Labute approximate surface area is 272 Å². The molecule has 2 aliphatic carbocycles. The minimum absolute atomic E-state index is 0.0795. The number of rotatable bonds is 15. The highest BCUT2D eigenvalue weighted by Gasteiger charge is 2.48. The van der Waals surface area contributed by atoms with E-state index < -0.39 is 0 Å². The summed E-state index contributed by atoms with van der Waals surface area (Å²) in [5, 5.41) is 7.89. The highest BCUT2D eigenvalue weighted by molar-refractivity contribution is 5.05. The van der Waals surface area contributed by atoms with Crippen LogP contribution in [-0.2, 0) is 18.9 Å². The molecule has 0 aromatic rings. The monoisotopic (exact) mass is 621 g/mol. The molecule has 2 N–H and O–H groups in total. The molecule has 0 amide bonds. The van der Waals surface area contributed by atoms with E-state index in [4.69, 9.17) is 18.9 Å². The molecule has 4 fully saturated rings. The summed E-state index contributed by atoms with van der Waals surface area (Å²) in [6.07, 6.45) is 19.3. The Bertz CT molecular complexity index is 763. The lowest BCUT2D eigenvalue weighted by atomic mass is 9.68. The van der Waals surface area contributed by atoms with Crippen LogP contribution in [-0.4, -0.2) is 74.0 Å². The highest BCUT2D eigenvalue weighted by Crippen LogP contribution is 2.43. The molecule has 0 radical (unpaired) electrons. The Morgan fingerprint density at radius 2 is 0.818 bits per heavy atom. The van der Waals surface area contributed by atoms with Crippen LogP contribution in [0.1, 0.15) is 145 Å². The van der Waals surface area contributed by atoms with Crippen molar-refractivity contribution >= 4 is 0 Å². The van der Waals surface area contributed by atoms with Gasteiger partial charge >= 0.3 is 0 Å². The Hall–Kier alpha value is -0.240. The molecule has 2 saturated carbocycles. The normalized spacial score (nSPS) is 32.5. The predicted octanol–water partition coefficient (Wildman–Crippen LogP) is 8.06. The lowest BCUT2D eigenvalue weighted by Crippen LogP contribution is -2.65. The Balaban J connectivity index is 1.13. The van der Waals surface area contributed by atoms with Gasteiger partial charge in [0.2, 0.25) is 0 Å². The second-order valence-electron chi connectivity index (χ2n) is 17.6. The standard InChI is InChI=1S/C38H72N2O4/c1-35(2)27-33(31(37(5,6)39-35)25-29-15-11-9-12-16-29)43-23-21-41-19-20-42-22-24-44-34-28-36(3,4)40-38(7,8)32(34)26-30-17-13-10-14-18-30/h29-34,39-40H,9-28H2,1-8H3. The maximum Gasteiger partial charge on any atom is 0.0704 e.